The molecule has 0 spiro atoms. The van der Waals surface area contributed by atoms with E-state index in [4.69, 9.17) is 4.74 Å². The second kappa shape index (κ2) is 5.04. The lowest BCUT2D eigenvalue weighted by Gasteiger charge is -2.19. The van der Waals surface area contributed by atoms with Crippen LogP contribution in [-0.2, 0) is 9.53 Å². The van der Waals surface area contributed by atoms with E-state index in [2.05, 4.69) is 0 Å². The van der Waals surface area contributed by atoms with Crippen molar-refractivity contribution in [3.05, 3.63) is 41.7 Å². The topological polar surface area (TPSA) is 46.5 Å². The van der Waals surface area contributed by atoms with E-state index in [-0.39, 0.29) is 5.76 Å². The smallest absolute Gasteiger partial charge is 0.374 e. The van der Waals surface area contributed by atoms with Crippen molar-refractivity contribution in [1.29, 1.82) is 0 Å². The fourth-order valence-corrected chi connectivity index (χ4v) is 1.30. The van der Waals surface area contributed by atoms with Crippen LogP contribution in [0.15, 0.2) is 36.1 Å². The van der Waals surface area contributed by atoms with Gasteiger partial charge in [0, 0.05) is 5.57 Å². The molecule has 0 aliphatic rings. The van der Waals surface area contributed by atoms with Crippen LogP contribution in [0.4, 0.5) is 0 Å². The summed E-state index contributed by atoms with van der Waals surface area (Å²) in [5, 5.41) is 9.81. The van der Waals surface area contributed by atoms with Gasteiger partial charge in [-0.25, -0.2) is 4.79 Å². The summed E-state index contributed by atoms with van der Waals surface area (Å²) in [6, 6.07) is 9.23. The Kier molecular flexibility index (Phi) is 3.94. The molecule has 0 heterocycles. The molecule has 1 aromatic carbocycles. The van der Waals surface area contributed by atoms with Gasteiger partial charge >= 0.3 is 5.97 Å². The van der Waals surface area contributed by atoms with E-state index in [9.17, 15) is 9.90 Å². The zero-order valence-corrected chi connectivity index (χ0v) is 10.7. The Morgan fingerprint density at radius 3 is 2.18 bits per heavy atom. The highest BCUT2D eigenvalue weighted by atomic mass is 16.6. The first-order chi connectivity index (χ1) is 7.81. The molecular weight excluding hydrogens is 216 g/mol. The maximum atomic E-state index is 11.6. The molecule has 3 heteroatoms. The number of rotatable bonds is 2. The van der Waals surface area contributed by atoms with Gasteiger partial charge in [-0.2, -0.15) is 0 Å². The number of ether oxygens (including phenoxy) is 1. The van der Waals surface area contributed by atoms with Crippen molar-refractivity contribution in [2.75, 3.05) is 0 Å². The molecule has 92 valence electrons. The van der Waals surface area contributed by atoms with Crippen LogP contribution in [0, 0.1) is 0 Å². The molecule has 0 fully saturated rings. The average molecular weight is 234 g/mol. The van der Waals surface area contributed by atoms with E-state index in [1.54, 1.807) is 27.7 Å². The van der Waals surface area contributed by atoms with Gasteiger partial charge in [-0.1, -0.05) is 30.3 Å². The summed E-state index contributed by atoms with van der Waals surface area (Å²) < 4.78 is 5.10. The third-order valence-corrected chi connectivity index (χ3v) is 2.15. The predicted octanol–water partition coefficient (Wildman–Crippen LogP) is 3.32. The van der Waals surface area contributed by atoms with Crippen molar-refractivity contribution in [3.8, 4) is 0 Å². The second-order valence-corrected chi connectivity index (χ2v) is 4.84. The minimum absolute atomic E-state index is 0.342. The monoisotopic (exact) mass is 234 g/mol. The van der Waals surface area contributed by atoms with Crippen LogP contribution < -0.4 is 0 Å². The van der Waals surface area contributed by atoms with E-state index in [1.807, 2.05) is 30.3 Å². The van der Waals surface area contributed by atoms with E-state index in [1.165, 1.54) is 0 Å². The lowest BCUT2D eigenvalue weighted by Crippen LogP contribution is -2.25. The Morgan fingerprint density at radius 2 is 1.71 bits per heavy atom. The van der Waals surface area contributed by atoms with Crippen LogP contribution in [0.1, 0.15) is 33.3 Å². The Hall–Kier alpha value is -1.77. The minimum Gasteiger partial charge on any atom is -0.502 e. The van der Waals surface area contributed by atoms with Crippen molar-refractivity contribution in [3.63, 3.8) is 0 Å². The lowest BCUT2D eigenvalue weighted by molar-refractivity contribution is -0.152. The van der Waals surface area contributed by atoms with Gasteiger partial charge in [-0.15, -0.1) is 0 Å². The third-order valence-electron chi connectivity index (χ3n) is 2.15. The molecule has 0 aliphatic heterocycles. The van der Waals surface area contributed by atoms with Crippen LogP contribution in [0.5, 0.6) is 0 Å². The summed E-state index contributed by atoms with van der Waals surface area (Å²) in [6.07, 6.45) is 0. The number of allylic oxidation sites excluding steroid dienone is 1. The number of benzene rings is 1. The molecule has 0 aliphatic carbocycles. The van der Waals surface area contributed by atoms with Gasteiger partial charge in [0.25, 0.3) is 0 Å². The maximum absolute atomic E-state index is 11.6. The molecule has 3 nitrogen and oxygen atoms in total. The van der Waals surface area contributed by atoms with Gasteiger partial charge in [-0.05, 0) is 33.3 Å². The van der Waals surface area contributed by atoms with Crippen LogP contribution >= 0.6 is 0 Å². The number of esters is 1. The van der Waals surface area contributed by atoms with Crippen LogP contribution in [0.25, 0.3) is 5.57 Å². The minimum atomic E-state index is -0.696. The van der Waals surface area contributed by atoms with Gasteiger partial charge in [0.05, 0.1) is 0 Å². The number of hydrogen-bond acceptors (Lipinski definition) is 3. The van der Waals surface area contributed by atoms with Crippen molar-refractivity contribution in [2.45, 2.75) is 33.3 Å². The molecule has 0 saturated carbocycles. The van der Waals surface area contributed by atoms with Gasteiger partial charge < -0.3 is 9.84 Å². The highest BCUT2D eigenvalue weighted by Crippen LogP contribution is 2.19. The molecule has 1 N–H and O–H groups in total. The highest BCUT2D eigenvalue weighted by molar-refractivity contribution is 5.94. The maximum Gasteiger partial charge on any atom is 0.374 e. The number of carbonyl (C=O) groups excluding carboxylic acids is 1. The fourth-order valence-electron chi connectivity index (χ4n) is 1.30. The molecule has 0 unspecified atom stereocenters. The Balaban J connectivity index is 2.95. The largest absolute Gasteiger partial charge is 0.502 e. The van der Waals surface area contributed by atoms with Gasteiger partial charge in [0.2, 0.25) is 5.76 Å². The molecular formula is C14H18O3. The number of carbonyl (C=O) groups is 1. The summed E-state index contributed by atoms with van der Waals surface area (Å²) in [4.78, 5) is 11.6. The first kappa shape index (κ1) is 13.3. The Morgan fingerprint density at radius 1 is 1.18 bits per heavy atom. The SMILES string of the molecule is C/C(=C(/O)C(=O)OC(C)(C)C)c1ccccc1. The lowest BCUT2D eigenvalue weighted by atomic mass is 10.1. The molecule has 0 aromatic heterocycles. The quantitative estimate of drug-likeness (QED) is 0.485. The molecule has 1 rings (SSSR count). The fraction of sp³-hybridized carbons (Fsp3) is 0.357. The summed E-state index contributed by atoms with van der Waals surface area (Å²) in [7, 11) is 0. The molecule has 0 radical (unpaired) electrons. The van der Waals surface area contributed by atoms with E-state index < -0.39 is 11.6 Å². The molecule has 0 bridgehead atoms. The Bertz CT molecular complexity index is 425. The average Bonchev–Trinajstić information content (AvgIpc) is 2.26. The predicted molar refractivity (Wildman–Crippen MR) is 67.5 cm³/mol. The standard InChI is InChI=1S/C14H18O3/c1-10(11-8-6-5-7-9-11)12(15)13(16)17-14(2,3)4/h5-9,15H,1-4H3/b12-10-. The van der Waals surface area contributed by atoms with Gasteiger partial charge in [0.15, 0.2) is 0 Å². The number of aliphatic hydroxyl groups excluding tert-OH is 1. The van der Waals surface area contributed by atoms with Gasteiger partial charge in [-0.3, -0.25) is 0 Å². The zero-order chi connectivity index (χ0) is 13.1. The zero-order valence-electron chi connectivity index (χ0n) is 10.7. The molecule has 0 saturated heterocycles. The number of aliphatic hydroxyl groups is 1. The molecule has 1 aromatic rings. The van der Waals surface area contributed by atoms with Gasteiger partial charge in [0.1, 0.15) is 5.60 Å². The van der Waals surface area contributed by atoms with Crippen LogP contribution in [-0.4, -0.2) is 16.7 Å². The van der Waals surface area contributed by atoms with Crippen LogP contribution in [0.3, 0.4) is 0 Å². The number of hydrogen-bond donors (Lipinski definition) is 1. The summed E-state index contributed by atoms with van der Waals surface area (Å²) in [5.74, 6) is -1.04. The van der Waals surface area contributed by atoms with Crippen LogP contribution in [0.2, 0.25) is 0 Å². The molecule has 0 atom stereocenters. The normalized spacial score (nSPS) is 12.9. The highest BCUT2D eigenvalue weighted by Gasteiger charge is 2.21. The van der Waals surface area contributed by atoms with E-state index in [0.717, 1.165) is 5.56 Å². The first-order valence-electron chi connectivity index (χ1n) is 5.50. The first-order valence-corrected chi connectivity index (χ1v) is 5.50. The van der Waals surface area contributed by atoms with Crippen molar-refractivity contribution < 1.29 is 14.6 Å². The summed E-state index contributed by atoms with van der Waals surface area (Å²) in [6.45, 7) is 6.97. The third kappa shape index (κ3) is 3.94. The summed E-state index contributed by atoms with van der Waals surface area (Å²) in [5.41, 5.74) is 0.706. The summed E-state index contributed by atoms with van der Waals surface area (Å²) >= 11 is 0. The van der Waals surface area contributed by atoms with Crippen molar-refractivity contribution in [2.24, 2.45) is 0 Å². The molecule has 0 amide bonds. The molecule has 17 heavy (non-hydrogen) atoms. The van der Waals surface area contributed by atoms with E-state index >= 15 is 0 Å². The van der Waals surface area contributed by atoms with Crippen molar-refractivity contribution >= 4 is 11.5 Å². The van der Waals surface area contributed by atoms with E-state index in [0.29, 0.717) is 5.57 Å². The Labute approximate surface area is 102 Å². The van der Waals surface area contributed by atoms with Crippen molar-refractivity contribution in [1.82, 2.24) is 0 Å². The second-order valence-electron chi connectivity index (χ2n) is 4.84.